The van der Waals surface area contributed by atoms with Gasteiger partial charge in [0, 0.05) is 0 Å². The molecule has 0 aromatic rings. The fourth-order valence-electron chi connectivity index (χ4n) is 7.61. The average molecular weight is 788 g/mol. The van der Waals surface area contributed by atoms with Crippen LogP contribution in [0.15, 0.2) is 36.5 Å². The Kier molecular flexibility index (Phi) is 45.1. The van der Waals surface area contributed by atoms with Gasteiger partial charge in [0.15, 0.2) is 0 Å². The quantitative estimate of drug-likeness (QED) is 0.0365. The number of nitrogens with one attached hydrogen (secondary N) is 1. The number of hydrogen-bond acceptors (Lipinski definition) is 4. The minimum atomic E-state index is -0.958. The molecule has 0 fully saturated rings. The van der Waals surface area contributed by atoms with Crippen LogP contribution in [0, 0.1) is 0 Å². The van der Waals surface area contributed by atoms with Crippen molar-refractivity contribution in [3.63, 3.8) is 0 Å². The molecular formula is C51H97NO4. The first-order valence-electron chi connectivity index (χ1n) is 24.8. The zero-order valence-electron chi connectivity index (χ0n) is 37.5. The molecule has 3 atom stereocenters. The predicted molar refractivity (Wildman–Crippen MR) is 245 cm³/mol. The van der Waals surface area contributed by atoms with Crippen molar-refractivity contribution >= 4 is 5.91 Å². The van der Waals surface area contributed by atoms with E-state index >= 15 is 0 Å². The molecule has 0 saturated heterocycles. The number of carbonyl (C=O) groups excluding carboxylic acids is 1. The molecule has 0 aromatic carbocycles. The standard InChI is InChI=1S/C51H97NO4/c1-3-5-7-9-11-13-15-17-19-21-23-25-27-29-31-33-35-37-39-41-43-45-50(55)49(47-53)52-51(56)46-48(54)44-42-40-38-36-34-32-30-28-26-24-22-20-18-16-14-12-10-8-6-4-2/h27,29,35,37,43,45,48-50,53-55H,3-26,28,30-34,36,38-42,44,46-47H2,1-2H3,(H,52,56)/b29-27+,37-35+,45-43+. The minimum Gasteiger partial charge on any atom is -0.394 e. The van der Waals surface area contributed by atoms with Crippen molar-refractivity contribution < 1.29 is 20.1 Å². The molecule has 5 heteroatoms. The normalized spacial score (nSPS) is 13.7. The topological polar surface area (TPSA) is 89.8 Å². The van der Waals surface area contributed by atoms with Crippen LogP contribution in [0.2, 0.25) is 0 Å². The van der Waals surface area contributed by atoms with E-state index in [1.54, 1.807) is 6.08 Å². The summed E-state index contributed by atoms with van der Waals surface area (Å²) in [5.74, 6) is -0.326. The van der Waals surface area contributed by atoms with Crippen LogP contribution < -0.4 is 5.32 Å². The number of amides is 1. The van der Waals surface area contributed by atoms with Crippen LogP contribution in [0.3, 0.4) is 0 Å². The molecule has 0 saturated carbocycles. The molecular weight excluding hydrogens is 691 g/mol. The van der Waals surface area contributed by atoms with E-state index in [1.165, 1.54) is 193 Å². The molecule has 0 aliphatic carbocycles. The third-order valence-electron chi connectivity index (χ3n) is 11.4. The molecule has 0 radical (unpaired) electrons. The Bertz CT molecular complexity index is 870. The summed E-state index contributed by atoms with van der Waals surface area (Å²) in [6.07, 6.45) is 58.8. The predicted octanol–water partition coefficient (Wildman–Crippen LogP) is 14.7. The Morgan fingerprint density at radius 3 is 1.14 bits per heavy atom. The van der Waals surface area contributed by atoms with Gasteiger partial charge < -0.3 is 20.6 Å². The number of aliphatic hydroxyl groups is 3. The zero-order valence-corrected chi connectivity index (χ0v) is 37.5. The highest BCUT2D eigenvalue weighted by molar-refractivity contribution is 5.76. The van der Waals surface area contributed by atoms with Crippen LogP contribution in [0.5, 0.6) is 0 Å². The summed E-state index contributed by atoms with van der Waals surface area (Å²) in [6, 6.07) is -0.766. The number of aliphatic hydroxyl groups excluding tert-OH is 3. The monoisotopic (exact) mass is 788 g/mol. The lowest BCUT2D eigenvalue weighted by Crippen LogP contribution is -2.45. The molecule has 56 heavy (non-hydrogen) atoms. The van der Waals surface area contributed by atoms with Crippen molar-refractivity contribution in [2.24, 2.45) is 0 Å². The highest BCUT2D eigenvalue weighted by Gasteiger charge is 2.20. The molecule has 0 spiro atoms. The summed E-state index contributed by atoms with van der Waals surface area (Å²) >= 11 is 0. The highest BCUT2D eigenvalue weighted by atomic mass is 16.3. The van der Waals surface area contributed by atoms with Gasteiger partial charge in [0.05, 0.1) is 31.3 Å². The van der Waals surface area contributed by atoms with Crippen LogP contribution in [-0.2, 0) is 4.79 Å². The van der Waals surface area contributed by atoms with Gasteiger partial charge in [-0.25, -0.2) is 0 Å². The number of rotatable bonds is 45. The molecule has 0 rings (SSSR count). The molecule has 5 nitrogen and oxygen atoms in total. The first-order valence-corrected chi connectivity index (χ1v) is 24.8. The van der Waals surface area contributed by atoms with E-state index in [9.17, 15) is 20.1 Å². The average Bonchev–Trinajstić information content (AvgIpc) is 3.19. The lowest BCUT2D eigenvalue weighted by molar-refractivity contribution is -0.124. The molecule has 330 valence electrons. The van der Waals surface area contributed by atoms with Crippen LogP contribution in [0.1, 0.15) is 258 Å². The minimum absolute atomic E-state index is 0.00536. The summed E-state index contributed by atoms with van der Waals surface area (Å²) in [5.41, 5.74) is 0. The van der Waals surface area contributed by atoms with Gasteiger partial charge in [-0.3, -0.25) is 4.79 Å². The molecule has 0 heterocycles. The van der Waals surface area contributed by atoms with Crippen LogP contribution in [0.4, 0.5) is 0 Å². The Hall–Kier alpha value is -1.43. The summed E-state index contributed by atoms with van der Waals surface area (Å²) in [4.78, 5) is 12.5. The van der Waals surface area contributed by atoms with E-state index in [4.69, 9.17) is 0 Å². The SMILES string of the molecule is CCCCCCCCCCCCC/C=C/CC/C=C/CC/C=C/C(O)C(CO)NC(=O)CC(O)CCCCCCCCCCCCCCCCCCCCCC. The Labute approximate surface area is 349 Å². The van der Waals surface area contributed by atoms with E-state index in [2.05, 4.69) is 43.5 Å². The van der Waals surface area contributed by atoms with Crippen LogP contribution >= 0.6 is 0 Å². The van der Waals surface area contributed by atoms with Gasteiger partial charge in [-0.1, -0.05) is 243 Å². The largest absolute Gasteiger partial charge is 0.394 e. The Balaban J connectivity index is 3.67. The second-order valence-electron chi connectivity index (χ2n) is 17.1. The molecule has 0 aliphatic heterocycles. The maximum absolute atomic E-state index is 12.5. The second-order valence-corrected chi connectivity index (χ2v) is 17.1. The van der Waals surface area contributed by atoms with Gasteiger partial charge in [0.2, 0.25) is 5.91 Å². The van der Waals surface area contributed by atoms with Crippen molar-refractivity contribution in [1.29, 1.82) is 0 Å². The number of allylic oxidation sites excluding steroid dienone is 5. The van der Waals surface area contributed by atoms with Crippen molar-refractivity contribution in [3.05, 3.63) is 36.5 Å². The lowest BCUT2D eigenvalue weighted by Gasteiger charge is -2.21. The van der Waals surface area contributed by atoms with Crippen LogP contribution in [0.25, 0.3) is 0 Å². The third-order valence-corrected chi connectivity index (χ3v) is 11.4. The van der Waals surface area contributed by atoms with Crippen molar-refractivity contribution in [2.45, 2.75) is 276 Å². The van der Waals surface area contributed by atoms with Gasteiger partial charge in [-0.05, 0) is 44.9 Å². The Morgan fingerprint density at radius 2 is 0.768 bits per heavy atom. The van der Waals surface area contributed by atoms with Gasteiger partial charge in [-0.15, -0.1) is 0 Å². The molecule has 4 N–H and O–H groups in total. The number of carbonyl (C=O) groups is 1. The van der Waals surface area contributed by atoms with Gasteiger partial charge in [-0.2, -0.15) is 0 Å². The highest BCUT2D eigenvalue weighted by Crippen LogP contribution is 2.16. The molecule has 0 aromatic heterocycles. The maximum atomic E-state index is 12.5. The fourth-order valence-corrected chi connectivity index (χ4v) is 7.61. The number of unbranched alkanes of at least 4 members (excludes halogenated alkanes) is 32. The third kappa shape index (κ3) is 42.2. The molecule has 0 aliphatic rings. The number of hydrogen-bond donors (Lipinski definition) is 4. The smallest absolute Gasteiger partial charge is 0.222 e. The van der Waals surface area contributed by atoms with Crippen molar-refractivity contribution in [3.8, 4) is 0 Å². The molecule has 3 unspecified atom stereocenters. The van der Waals surface area contributed by atoms with E-state index in [-0.39, 0.29) is 18.9 Å². The van der Waals surface area contributed by atoms with Crippen molar-refractivity contribution in [2.75, 3.05) is 6.61 Å². The van der Waals surface area contributed by atoms with Crippen molar-refractivity contribution in [1.82, 2.24) is 5.32 Å². The van der Waals surface area contributed by atoms with E-state index < -0.39 is 18.2 Å². The molecule has 1 amide bonds. The summed E-state index contributed by atoms with van der Waals surface area (Å²) < 4.78 is 0. The van der Waals surface area contributed by atoms with Gasteiger partial charge in [0.1, 0.15) is 0 Å². The van der Waals surface area contributed by atoms with E-state index in [1.807, 2.05) is 6.08 Å². The van der Waals surface area contributed by atoms with Gasteiger partial charge >= 0.3 is 0 Å². The van der Waals surface area contributed by atoms with E-state index in [0.29, 0.717) is 6.42 Å². The summed E-state index contributed by atoms with van der Waals surface area (Å²) in [7, 11) is 0. The summed E-state index contributed by atoms with van der Waals surface area (Å²) in [6.45, 7) is 4.22. The zero-order chi connectivity index (χ0) is 40.8. The molecule has 0 bridgehead atoms. The lowest BCUT2D eigenvalue weighted by atomic mass is 10.0. The fraction of sp³-hybridized carbons (Fsp3) is 0.863. The maximum Gasteiger partial charge on any atom is 0.222 e. The summed E-state index contributed by atoms with van der Waals surface area (Å²) in [5, 5.41) is 33.3. The first-order chi connectivity index (χ1) is 27.5. The van der Waals surface area contributed by atoms with E-state index in [0.717, 1.165) is 38.5 Å². The Morgan fingerprint density at radius 1 is 0.446 bits per heavy atom. The first kappa shape index (κ1) is 54.6. The van der Waals surface area contributed by atoms with Crippen LogP contribution in [-0.4, -0.2) is 46.1 Å². The van der Waals surface area contributed by atoms with Gasteiger partial charge in [0.25, 0.3) is 0 Å². The second kappa shape index (κ2) is 46.3.